The molecule has 0 fully saturated rings. The molecule has 0 aromatic heterocycles. The van der Waals surface area contributed by atoms with Crippen LogP contribution in [-0.2, 0) is 14.3 Å². The summed E-state index contributed by atoms with van der Waals surface area (Å²) in [4.78, 5) is 24.4. The van der Waals surface area contributed by atoms with E-state index in [2.05, 4.69) is 31.3 Å². The Balaban J connectivity index is 3.47. The molecule has 0 saturated carbocycles. The SMILES string of the molecule is CCCCCCCCCCCCCCCCCC(=O)OCCCCCCCC/C=C\CCCCCC(=O)NC(CO)C(O)CCCCCCCCCCCCC. The van der Waals surface area contributed by atoms with E-state index in [1.807, 2.05) is 0 Å². The van der Waals surface area contributed by atoms with Crippen molar-refractivity contribution in [2.75, 3.05) is 13.2 Å². The second-order valence-corrected chi connectivity index (χ2v) is 17.1. The summed E-state index contributed by atoms with van der Waals surface area (Å²) in [6.45, 7) is 4.90. The zero-order valence-corrected chi connectivity index (χ0v) is 37.6. The van der Waals surface area contributed by atoms with Crippen LogP contribution in [-0.4, -0.2) is 47.4 Å². The van der Waals surface area contributed by atoms with Crippen LogP contribution in [0.15, 0.2) is 12.2 Å². The van der Waals surface area contributed by atoms with Crippen LogP contribution in [0.2, 0.25) is 0 Å². The minimum absolute atomic E-state index is 0.00990. The number of ether oxygens (including phenoxy) is 1. The van der Waals surface area contributed by atoms with E-state index in [9.17, 15) is 19.8 Å². The maximum Gasteiger partial charge on any atom is 0.305 e. The number of nitrogens with one attached hydrogen (secondary N) is 1. The summed E-state index contributed by atoms with van der Waals surface area (Å²) in [5.41, 5.74) is 0. The highest BCUT2D eigenvalue weighted by Crippen LogP contribution is 2.16. The van der Waals surface area contributed by atoms with Gasteiger partial charge >= 0.3 is 5.97 Å². The fraction of sp³-hybridized carbons (Fsp3) is 0.920. The van der Waals surface area contributed by atoms with Gasteiger partial charge in [-0.05, 0) is 51.4 Å². The molecule has 6 nitrogen and oxygen atoms in total. The van der Waals surface area contributed by atoms with Gasteiger partial charge in [0.25, 0.3) is 0 Å². The van der Waals surface area contributed by atoms with Crippen molar-refractivity contribution < 1.29 is 24.5 Å². The summed E-state index contributed by atoms with van der Waals surface area (Å²) in [6, 6.07) is -0.559. The van der Waals surface area contributed by atoms with Crippen molar-refractivity contribution >= 4 is 11.9 Å². The van der Waals surface area contributed by atoms with E-state index in [0.29, 0.717) is 25.9 Å². The van der Waals surface area contributed by atoms with Gasteiger partial charge < -0.3 is 20.3 Å². The molecule has 0 aromatic rings. The van der Waals surface area contributed by atoms with Gasteiger partial charge in [0.1, 0.15) is 0 Å². The molecular formula is C50H97NO5. The standard InChI is InChI=1S/C50H97NO5/c1-3-5-7-9-11-13-15-16-17-20-24-28-32-36-40-44-50(55)56-45-41-37-33-29-25-21-18-19-23-27-31-35-39-43-49(54)51-47(46-52)48(53)42-38-34-30-26-22-14-12-10-8-6-4-2/h19,23,47-48,52-53H,3-18,20-22,24-46H2,1-2H3,(H,51,54)/b23-19-. The number of carbonyl (C=O) groups excluding carboxylic acids is 2. The van der Waals surface area contributed by atoms with Crippen molar-refractivity contribution in [2.24, 2.45) is 0 Å². The molecule has 2 unspecified atom stereocenters. The van der Waals surface area contributed by atoms with Crippen molar-refractivity contribution in [3.05, 3.63) is 12.2 Å². The Morgan fingerprint density at radius 1 is 0.482 bits per heavy atom. The van der Waals surface area contributed by atoms with Crippen LogP contribution in [0.4, 0.5) is 0 Å². The molecule has 0 aromatic carbocycles. The normalized spacial score (nSPS) is 12.7. The highest BCUT2D eigenvalue weighted by atomic mass is 16.5. The predicted octanol–water partition coefficient (Wildman–Crippen LogP) is 14.6. The van der Waals surface area contributed by atoms with Gasteiger partial charge in [0.05, 0.1) is 25.4 Å². The third-order valence-electron chi connectivity index (χ3n) is 11.6. The van der Waals surface area contributed by atoms with Crippen LogP contribution in [0.5, 0.6) is 0 Å². The minimum Gasteiger partial charge on any atom is -0.466 e. The summed E-state index contributed by atoms with van der Waals surface area (Å²) in [5, 5.41) is 23.1. The fourth-order valence-corrected chi connectivity index (χ4v) is 7.69. The first-order chi connectivity index (χ1) is 27.5. The second-order valence-electron chi connectivity index (χ2n) is 17.1. The topological polar surface area (TPSA) is 95.9 Å². The molecule has 56 heavy (non-hydrogen) atoms. The molecular weight excluding hydrogens is 695 g/mol. The molecule has 1 amide bonds. The Kier molecular flexibility index (Phi) is 45.1. The lowest BCUT2D eigenvalue weighted by Crippen LogP contribution is -2.45. The number of rotatable bonds is 46. The molecule has 2 atom stereocenters. The summed E-state index contributed by atoms with van der Waals surface area (Å²) < 4.78 is 5.46. The number of unbranched alkanes of at least 4 members (excludes halogenated alkanes) is 33. The lowest BCUT2D eigenvalue weighted by atomic mass is 10.0. The summed E-state index contributed by atoms with van der Waals surface area (Å²) in [6.07, 6.45) is 51.8. The van der Waals surface area contributed by atoms with Crippen LogP contribution in [0.3, 0.4) is 0 Å². The molecule has 0 saturated heterocycles. The van der Waals surface area contributed by atoms with E-state index >= 15 is 0 Å². The Bertz CT molecular complexity index is 832. The van der Waals surface area contributed by atoms with Crippen LogP contribution < -0.4 is 5.32 Å². The number of hydrogen-bond donors (Lipinski definition) is 3. The van der Waals surface area contributed by atoms with Crippen molar-refractivity contribution in [3.63, 3.8) is 0 Å². The molecule has 6 heteroatoms. The van der Waals surface area contributed by atoms with Crippen molar-refractivity contribution in [2.45, 2.75) is 283 Å². The molecule has 332 valence electrons. The number of allylic oxidation sites excluding steroid dienone is 2. The van der Waals surface area contributed by atoms with Crippen LogP contribution >= 0.6 is 0 Å². The number of esters is 1. The average molecular weight is 792 g/mol. The molecule has 0 aliphatic carbocycles. The highest BCUT2D eigenvalue weighted by Gasteiger charge is 2.20. The fourth-order valence-electron chi connectivity index (χ4n) is 7.69. The number of hydrogen-bond acceptors (Lipinski definition) is 5. The Morgan fingerprint density at radius 2 is 0.839 bits per heavy atom. The molecule has 0 rings (SSSR count). The molecule has 3 N–H and O–H groups in total. The predicted molar refractivity (Wildman–Crippen MR) is 241 cm³/mol. The van der Waals surface area contributed by atoms with Gasteiger partial charge in [-0.15, -0.1) is 0 Å². The van der Waals surface area contributed by atoms with Crippen molar-refractivity contribution in [3.8, 4) is 0 Å². The van der Waals surface area contributed by atoms with E-state index in [-0.39, 0.29) is 18.5 Å². The zero-order valence-electron chi connectivity index (χ0n) is 37.6. The van der Waals surface area contributed by atoms with Gasteiger partial charge in [-0.3, -0.25) is 9.59 Å². The van der Waals surface area contributed by atoms with E-state index in [1.165, 1.54) is 167 Å². The minimum atomic E-state index is -0.678. The first-order valence-electron chi connectivity index (χ1n) is 24.9. The molecule has 0 spiro atoms. The van der Waals surface area contributed by atoms with E-state index < -0.39 is 12.1 Å². The number of amides is 1. The summed E-state index contributed by atoms with van der Waals surface area (Å²) in [7, 11) is 0. The zero-order chi connectivity index (χ0) is 40.8. The quantitative estimate of drug-likeness (QED) is 0.0324. The smallest absolute Gasteiger partial charge is 0.305 e. The van der Waals surface area contributed by atoms with Crippen LogP contribution in [0.1, 0.15) is 271 Å². The van der Waals surface area contributed by atoms with Gasteiger partial charge in [0, 0.05) is 12.8 Å². The molecule has 0 bridgehead atoms. The summed E-state index contributed by atoms with van der Waals surface area (Å²) >= 11 is 0. The summed E-state index contributed by atoms with van der Waals surface area (Å²) in [5.74, 6) is -0.0755. The third-order valence-corrected chi connectivity index (χ3v) is 11.6. The van der Waals surface area contributed by atoms with E-state index in [4.69, 9.17) is 4.74 Å². The van der Waals surface area contributed by atoms with E-state index in [0.717, 1.165) is 70.6 Å². The van der Waals surface area contributed by atoms with Crippen molar-refractivity contribution in [1.82, 2.24) is 5.32 Å². The lowest BCUT2D eigenvalue weighted by molar-refractivity contribution is -0.143. The molecule has 0 aliphatic rings. The molecule has 0 heterocycles. The number of aliphatic hydroxyl groups excluding tert-OH is 2. The first-order valence-corrected chi connectivity index (χ1v) is 24.9. The van der Waals surface area contributed by atoms with Gasteiger partial charge in [-0.1, -0.05) is 219 Å². The van der Waals surface area contributed by atoms with Gasteiger partial charge in [0.15, 0.2) is 0 Å². The number of carbonyl (C=O) groups is 2. The molecule has 0 radical (unpaired) electrons. The highest BCUT2D eigenvalue weighted by molar-refractivity contribution is 5.76. The van der Waals surface area contributed by atoms with Gasteiger partial charge in [0.2, 0.25) is 5.91 Å². The van der Waals surface area contributed by atoms with Gasteiger partial charge in [-0.2, -0.15) is 0 Å². The van der Waals surface area contributed by atoms with E-state index in [1.54, 1.807) is 0 Å². The average Bonchev–Trinajstić information content (AvgIpc) is 3.20. The Morgan fingerprint density at radius 3 is 1.29 bits per heavy atom. The maximum absolute atomic E-state index is 12.4. The van der Waals surface area contributed by atoms with Crippen LogP contribution in [0.25, 0.3) is 0 Å². The second kappa shape index (κ2) is 46.3. The van der Waals surface area contributed by atoms with Crippen LogP contribution in [0, 0.1) is 0 Å². The lowest BCUT2D eigenvalue weighted by Gasteiger charge is -2.22. The molecule has 0 aliphatic heterocycles. The Hall–Kier alpha value is -1.40. The number of aliphatic hydroxyl groups is 2. The van der Waals surface area contributed by atoms with Gasteiger partial charge in [-0.25, -0.2) is 0 Å². The largest absolute Gasteiger partial charge is 0.466 e. The maximum atomic E-state index is 12.4. The Labute approximate surface area is 349 Å². The first kappa shape index (κ1) is 54.6. The monoisotopic (exact) mass is 792 g/mol. The van der Waals surface area contributed by atoms with Crippen molar-refractivity contribution in [1.29, 1.82) is 0 Å². The third kappa shape index (κ3) is 42.2.